The van der Waals surface area contributed by atoms with Crippen molar-refractivity contribution in [2.75, 3.05) is 82.0 Å². The fourth-order valence-electron chi connectivity index (χ4n) is 5.09. The van der Waals surface area contributed by atoms with Gasteiger partial charge < -0.3 is 28.9 Å². The number of benzene rings is 1. The Balaban J connectivity index is 1.14. The summed E-state index contributed by atoms with van der Waals surface area (Å²) < 4.78 is 17.0. The summed E-state index contributed by atoms with van der Waals surface area (Å²) in [6.45, 7) is 6.25. The van der Waals surface area contributed by atoms with Crippen molar-refractivity contribution in [3.05, 3.63) is 34.7 Å². The first-order chi connectivity index (χ1) is 20.5. The summed E-state index contributed by atoms with van der Waals surface area (Å²) in [6.07, 6.45) is 4.64. The van der Waals surface area contributed by atoms with Crippen molar-refractivity contribution in [1.29, 1.82) is 0 Å². The third-order valence-electron chi connectivity index (χ3n) is 7.44. The van der Waals surface area contributed by atoms with Crippen molar-refractivity contribution in [2.24, 2.45) is 0 Å². The monoisotopic (exact) mass is 595 g/mol. The van der Waals surface area contributed by atoms with E-state index in [1.165, 1.54) is 0 Å². The van der Waals surface area contributed by atoms with Gasteiger partial charge in [0.1, 0.15) is 12.3 Å². The van der Waals surface area contributed by atoms with Gasteiger partial charge in [0.2, 0.25) is 17.8 Å². The molecule has 1 aromatic carbocycles. The molecule has 1 aromatic heterocycles. The normalized spacial score (nSPS) is 20.9. The van der Waals surface area contributed by atoms with Crippen LogP contribution in [0.5, 0.6) is 11.8 Å². The maximum absolute atomic E-state index is 12.9. The van der Waals surface area contributed by atoms with Crippen molar-refractivity contribution in [2.45, 2.75) is 19.3 Å². The predicted octanol–water partition coefficient (Wildman–Crippen LogP) is 2.39. The van der Waals surface area contributed by atoms with Crippen LogP contribution in [0.3, 0.4) is 0 Å². The molecule has 0 N–H and O–H groups in total. The van der Waals surface area contributed by atoms with Gasteiger partial charge in [0, 0.05) is 39.3 Å². The highest BCUT2D eigenvalue weighted by molar-refractivity contribution is 8.18. The number of hydrogen-bond donors (Lipinski definition) is 0. The molecule has 0 aliphatic carbocycles. The average Bonchev–Trinajstić information content (AvgIpc) is 3.30. The zero-order valence-corrected chi connectivity index (χ0v) is 24.1. The summed E-state index contributed by atoms with van der Waals surface area (Å²) in [5.74, 6) is 0.949. The largest absolute Gasteiger partial charge is 0.424 e. The number of hydrogen-bond acceptors (Lipinski definition) is 12. The van der Waals surface area contributed by atoms with Crippen LogP contribution in [0.15, 0.2) is 29.2 Å². The van der Waals surface area contributed by atoms with E-state index in [4.69, 9.17) is 19.2 Å². The highest BCUT2D eigenvalue weighted by Crippen LogP contribution is 2.33. The minimum atomic E-state index is -0.452. The van der Waals surface area contributed by atoms with Gasteiger partial charge in [-0.1, -0.05) is 12.1 Å². The lowest BCUT2D eigenvalue weighted by Crippen LogP contribution is -2.44. The molecule has 0 radical (unpaired) electrons. The molecule has 4 saturated heterocycles. The molecule has 0 unspecified atom stereocenters. The van der Waals surface area contributed by atoms with E-state index in [1.807, 2.05) is 0 Å². The van der Waals surface area contributed by atoms with E-state index < -0.39 is 11.1 Å². The highest BCUT2D eigenvalue weighted by Gasteiger charge is 2.37. The zero-order chi connectivity index (χ0) is 28.9. The van der Waals surface area contributed by atoms with Crippen LogP contribution in [-0.4, -0.2) is 114 Å². The molecule has 0 bridgehead atoms. The first-order valence-electron chi connectivity index (χ1n) is 14.3. The fraction of sp³-hybridized carbons (Fsp3) is 0.500. The number of carbonyl (C=O) groups is 3. The van der Waals surface area contributed by atoms with Gasteiger partial charge in [0.25, 0.3) is 11.1 Å². The Bertz CT molecular complexity index is 1300. The number of aromatic nitrogens is 3. The molecule has 0 saturated carbocycles. The van der Waals surface area contributed by atoms with Gasteiger partial charge in [-0.05, 0) is 54.8 Å². The van der Waals surface area contributed by atoms with Gasteiger partial charge in [0.05, 0.1) is 31.3 Å². The van der Waals surface area contributed by atoms with Crippen LogP contribution in [0.25, 0.3) is 6.08 Å². The Morgan fingerprint density at radius 1 is 0.833 bits per heavy atom. The number of imide groups is 1. The number of amides is 3. The average molecular weight is 596 g/mol. The first kappa shape index (κ1) is 28.4. The van der Waals surface area contributed by atoms with E-state index in [0.29, 0.717) is 88.9 Å². The maximum Gasteiger partial charge on any atom is 0.328 e. The molecule has 6 rings (SSSR count). The molecular weight excluding hydrogens is 562 g/mol. The lowest BCUT2D eigenvalue weighted by atomic mass is 10.1. The molecule has 4 fully saturated rings. The lowest BCUT2D eigenvalue weighted by molar-refractivity contribution is -0.136. The molecule has 4 aliphatic rings. The second kappa shape index (κ2) is 13.0. The number of nitrogens with zero attached hydrogens (tertiary/aromatic N) is 7. The summed E-state index contributed by atoms with van der Waals surface area (Å²) in [5.41, 5.74) is 0.717. The number of likely N-dealkylation sites (tertiary alicyclic amines) is 1. The molecule has 3 amide bonds. The predicted molar refractivity (Wildman–Crippen MR) is 156 cm³/mol. The number of rotatable bonds is 7. The van der Waals surface area contributed by atoms with E-state index in [1.54, 1.807) is 35.2 Å². The number of carbonyl (C=O) groups excluding carboxylic acids is 3. The second-order valence-electron chi connectivity index (χ2n) is 10.3. The van der Waals surface area contributed by atoms with Crippen LogP contribution < -0.4 is 14.5 Å². The minimum absolute atomic E-state index is 0.181. The summed E-state index contributed by atoms with van der Waals surface area (Å²) in [4.78, 5) is 59.1. The number of ether oxygens (including phenoxy) is 3. The summed E-state index contributed by atoms with van der Waals surface area (Å²) >= 11 is 0.845. The van der Waals surface area contributed by atoms with Gasteiger partial charge in [-0.25, -0.2) is 0 Å². The molecular formula is C28H33N7O6S. The van der Waals surface area contributed by atoms with E-state index in [9.17, 15) is 14.4 Å². The van der Waals surface area contributed by atoms with E-state index in [2.05, 4.69) is 19.8 Å². The van der Waals surface area contributed by atoms with Crippen molar-refractivity contribution < 1.29 is 28.6 Å². The van der Waals surface area contributed by atoms with Crippen LogP contribution in [0.2, 0.25) is 0 Å². The van der Waals surface area contributed by atoms with Crippen molar-refractivity contribution in [3.8, 4) is 11.8 Å². The van der Waals surface area contributed by atoms with E-state index in [0.717, 1.165) is 35.9 Å². The van der Waals surface area contributed by atoms with Crippen molar-refractivity contribution >= 4 is 46.8 Å². The Hall–Kier alpha value is -3.75. The second-order valence-corrected chi connectivity index (χ2v) is 11.3. The molecule has 14 heteroatoms. The smallest absolute Gasteiger partial charge is 0.328 e. The van der Waals surface area contributed by atoms with Gasteiger partial charge in [-0.2, -0.15) is 15.0 Å². The van der Waals surface area contributed by atoms with Crippen LogP contribution in [0, 0.1) is 0 Å². The maximum atomic E-state index is 12.9. The van der Waals surface area contributed by atoms with Crippen LogP contribution >= 0.6 is 11.8 Å². The molecule has 0 atom stereocenters. The van der Waals surface area contributed by atoms with Crippen molar-refractivity contribution in [1.82, 2.24) is 24.8 Å². The first-order valence-corrected chi connectivity index (χ1v) is 15.1. The van der Waals surface area contributed by atoms with Crippen molar-refractivity contribution in [3.63, 3.8) is 0 Å². The number of thioether (sulfide) groups is 1. The Morgan fingerprint density at radius 2 is 1.43 bits per heavy atom. The quantitative estimate of drug-likeness (QED) is 0.436. The van der Waals surface area contributed by atoms with Crippen LogP contribution in [0.1, 0.15) is 24.8 Å². The Kier molecular flexibility index (Phi) is 8.81. The summed E-state index contributed by atoms with van der Waals surface area (Å²) in [6, 6.07) is 7.26. The molecule has 42 heavy (non-hydrogen) atoms. The molecule has 4 aliphatic heterocycles. The third-order valence-corrected chi connectivity index (χ3v) is 8.35. The highest BCUT2D eigenvalue weighted by atomic mass is 32.2. The number of piperidine rings is 1. The molecule has 0 spiro atoms. The molecule has 222 valence electrons. The SMILES string of the molecule is O=C(CN1C(=O)S/C(=C\c2ccc(Oc3nc(N4CCOCC4)nc(N4CCOCC4)n3)cc2)C1=O)N1CCCCC1. The standard InChI is InChI=1S/C28H33N7O6S/c36-23(32-8-2-1-3-9-32)19-35-24(37)22(42-28(35)38)18-20-4-6-21(7-5-20)41-27-30-25(33-10-14-39-15-11-33)29-26(31-27)34-12-16-40-17-13-34/h4-7,18H,1-3,8-17,19H2/b22-18-. The third kappa shape index (κ3) is 6.66. The molecule has 2 aromatic rings. The van der Waals surface area contributed by atoms with E-state index in [-0.39, 0.29) is 23.4 Å². The van der Waals surface area contributed by atoms with Gasteiger partial charge in [0.15, 0.2) is 0 Å². The fourth-order valence-corrected chi connectivity index (χ4v) is 5.93. The molecule has 5 heterocycles. The van der Waals surface area contributed by atoms with Crippen LogP contribution in [0.4, 0.5) is 16.7 Å². The summed E-state index contributed by atoms with van der Waals surface area (Å²) in [5, 5.41) is -0.432. The topological polar surface area (TPSA) is 131 Å². The zero-order valence-electron chi connectivity index (χ0n) is 23.3. The number of morpholine rings is 2. The van der Waals surface area contributed by atoms with Gasteiger partial charge in [-0.15, -0.1) is 0 Å². The minimum Gasteiger partial charge on any atom is -0.424 e. The van der Waals surface area contributed by atoms with Crippen LogP contribution in [-0.2, 0) is 19.1 Å². The Labute approximate surface area is 247 Å². The van der Waals surface area contributed by atoms with Gasteiger partial charge in [-0.3, -0.25) is 19.3 Å². The van der Waals surface area contributed by atoms with E-state index >= 15 is 0 Å². The molecule has 13 nitrogen and oxygen atoms in total. The van der Waals surface area contributed by atoms with Gasteiger partial charge >= 0.3 is 6.01 Å². The summed E-state index contributed by atoms with van der Waals surface area (Å²) in [7, 11) is 0. The lowest BCUT2D eigenvalue weighted by Gasteiger charge is -2.30. The Morgan fingerprint density at radius 3 is 2.02 bits per heavy atom. The number of anilines is 2.